The fourth-order valence-corrected chi connectivity index (χ4v) is 3.52. The number of carbonyl (C=O) groups excluding carboxylic acids is 1. The Balaban J connectivity index is 1.83. The molecule has 3 rings (SSSR count). The first kappa shape index (κ1) is 16.5. The minimum absolute atomic E-state index is 0.247. The summed E-state index contributed by atoms with van der Waals surface area (Å²) in [6, 6.07) is 5.35. The number of nitrogens with one attached hydrogen (secondary N) is 1. The number of thioether (sulfide) groups is 1. The number of amidine groups is 1. The van der Waals surface area contributed by atoms with Crippen LogP contribution in [0.15, 0.2) is 29.4 Å². The standard InChI is InChI=1S/C16H20N6OS/c1-10-8-12(21-22(10)3)14(23)19-11-4-6-18-13(9-11)16(2)5-7-24-15(17)20-16/h4,6,8-9H,5,7H2,1-3H3,(H2,17,20)(H,18,19,23)/t16-/m0/s1. The number of nitrogens with two attached hydrogens (primary N) is 1. The third-order valence-electron chi connectivity index (χ3n) is 4.11. The lowest BCUT2D eigenvalue weighted by molar-refractivity contribution is 0.102. The van der Waals surface area contributed by atoms with Gasteiger partial charge in [-0.15, -0.1) is 0 Å². The Hall–Kier alpha value is -2.35. The monoisotopic (exact) mass is 344 g/mol. The number of aliphatic imine (C=N–C) groups is 1. The Kier molecular flexibility index (Phi) is 4.31. The molecule has 0 saturated carbocycles. The molecular weight excluding hydrogens is 324 g/mol. The minimum atomic E-state index is -0.461. The van der Waals surface area contributed by atoms with Gasteiger partial charge >= 0.3 is 0 Å². The van der Waals surface area contributed by atoms with Crippen molar-refractivity contribution in [2.24, 2.45) is 17.8 Å². The lowest BCUT2D eigenvalue weighted by Crippen LogP contribution is -2.29. The van der Waals surface area contributed by atoms with E-state index < -0.39 is 5.54 Å². The second kappa shape index (κ2) is 6.27. The van der Waals surface area contributed by atoms with Crippen molar-refractivity contribution in [3.8, 4) is 0 Å². The molecule has 1 amide bonds. The van der Waals surface area contributed by atoms with Gasteiger partial charge in [-0.05, 0) is 38.5 Å². The van der Waals surface area contributed by atoms with E-state index >= 15 is 0 Å². The summed E-state index contributed by atoms with van der Waals surface area (Å²) in [6.45, 7) is 3.91. The molecule has 24 heavy (non-hydrogen) atoms. The molecule has 1 aliphatic rings. The number of aromatic nitrogens is 3. The fourth-order valence-electron chi connectivity index (χ4n) is 2.54. The maximum absolute atomic E-state index is 12.3. The molecule has 0 saturated heterocycles. The number of nitrogens with zero attached hydrogens (tertiary/aromatic N) is 4. The van der Waals surface area contributed by atoms with Gasteiger partial charge in [-0.25, -0.2) is 4.99 Å². The maximum Gasteiger partial charge on any atom is 0.276 e. The predicted molar refractivity (Wildman–Crippen MR) is 96.2 cm³/mol. The lowest BCUT2D eigenvalue weighted by atomic mass is 9.94. The van der Waals surface area contributed by atoms with Gasteiger partial charge in [-0.2, -0.15) is 5.10 Å². The van der Waals surface area contributed by atoms with Gasteiger partial charge < -0.3 is 11.1 Å². The Morgan fingerprint density at radius 1 is 1.46 bits per heavy atom. The van der Waals surface area contributed by atoms with Crippen LogP contribution in [0.2, 0.25) is 0 Å². The normalized spacial score (nSPS) is 20.5. The molecule has 0 fully saturated rings. The molecule has 0 unspecified atom stereocenters. The molecule has 1 aliphatic heterocycles. The van der Waals surface area contributed by atoms with Crippen molar-refractivity contribution in [2.75, 3.05) is 11.1 Å². The Morgan fingerprint density at radius 2 is 2.25 bits per heavy atom. The molecule has 0 radical (unpaired) electrons. The molecule has 7 nitrogen and oxygen atoms in total. The smallest absolute Gasteiger partial charge is 0.276 e. The van der Waals surface area contributed by atoms with E-state index in [9.17, 15) is 4.79 Å². The third kappa shape index (κ3) is 3.28. The number of amides is 1. The molecule has 0 aromatic carbocycles. The van der Waals surface area contributed by atoms with E-state index in [-0.39, 0.29) is 5.91 Å². The van der Waals surface area contributed by atoms with E-state index in [0.717, 1.165) is 23.6 Å². The van der Waals surface area contributed by atoms with Crippen molar-refractivity contribution in [3.05, 3.63) is 41.5 Å². The molecule has 1 atom stereocenters. The highest BCUT2D eigenvalue weighted by molar-refractivity contribution is 8.13. The summed E-state index contributed by atoms with van der Waals surface area (Å²) in [4.78, 5) is 21.3. The summed E-state index contributed by atoms with van der Waals surface area (Å²) in [5, 5.41) is 7.63. The van der Waals surface area contributed by atoms with E-state index in [4.69, 9.17) is 5.73 Å². The molecular formula is C16H20N6OS. The topological polar surface area (TPSA) is 98.2 Å². The van der Waals surface area contributed by atoms with Crippen molar-refractivity contribution >= 4 is 28.5 Å². The van der Waals surface area contributed by atoms with E-state index in [0.29, 0.717) is 16.5 Å². The Morgan fingerprint density at radius 3 is 2.92 bits per heavy atom. The first-order chi connectivity index (χ1) is 11.4. The summed E-state index contributed by atoms with van der Waals surface area (Å²) >= 11 is 1.55. The zero-order valence-corrected chi connectivity index (χ0v) is 14.7. The van der Waals surface area contributed by atoms with Crippen LogP contribution in [0.25, 0.3) is 0 Å². The quantitative estimate of drug-likeness (QED) is 0.888. The lowest BCUT2D eigenvalue weighted by Gasteiger charge is -2.28. The van der Waals surface area contributed by atoms with E-state index in [1.54, 1.807) is 41.8 Å². The zero-order chi connectivity index (χ0) is 17.3. The van der Waals surface area contributed by atoms with Gasteiger partial charge in [-0.1, -0.05) is 11.8 Å². The van der Waals surface area contributed by atoms with Crippen molar-refractivity contribution in [1.82, 2.24) is 14.8 Å². The van der Waals surface area contributed by atoms with E-state index in [1.807, 2.05) is 19.9 Å². The van der Waals surface area contributed by atoms with Gasteiger partial charge in [0.25, 0.3) is 5.91 Å². The fraction of sp³-hybridized carbons (Fsp3) is 0.375. The number of carbonyl (C=O) groups is 1. The maximum atomic E-state index is 12.3. The van der Waals surface area contributed by atoms with Crippen LogP contribution >= 0.6 is 11.8 Å². The third-order valence-corrected chi connectivity index (χ3v) is 4.91. The van der Waals surface area contributed by atoms with Crippen LogP contribution in [0.4, 0.5) is 5.69 Å². The second-order valence-corrected chi connectivity index (χ2v) is 7.12. The average Bonchev–Trinajstić information content (AvgIpc) is 2.87. The van der Waals surface area contributed by atoms with Crippen LogP contribution in [0.3, 0.4) is 0 Å². The summed E-state index contributed by atoms with van der Waals surface area (Å²) in [7, 11) is 1.81. The van der Waals surface area contributed by atoms with Crippen LogP contribution in [-0.2, 0) is 12.6 Å². The molecule has 2 aromatic heterocycles. The predicted octanol–water partition coefficient (Wildman–Crippen LogP) is 2.04. The highest BCUT2D eigenvalue weighted by Gasteiger charge is 2.31. The molecule has 0 spiro atoms. The first-order valence-corrected chi connectivity index (χ1v) is 8.62. The summed E-state index contributed by atoms with van der Waals surface area (Å²) in [5.41, 5.74) is 8.17. The Labute approximate surface area is 144 Å². The van der Waals surface area contributed by atoms with E-state index in [2.05, 4.69) is 20.4 Å². The number of aryl methyl sites for hydroxylation is 2. The van der Waals surface area contributed by atoms with Crippen molar-refractivity contribution < 1.29 is 4.79 Å². The summed E-state index contributed by atoms with van der Waals surface area (Å²) in [6.07, 6.45) is 2.52. The van der Waals surface area contributed by atoms with Gasteiger partial charge in [0.1, 0.15) is 5.54 Å². The van der Waals surface area contributed by atoms with Gasteiger partial charge in [0, 0.05) is 30.4 Å². The van der Waals surface area contributed by atoms with Crippen molar-refractivity contribution in [1.29, 1.82) is 0 Å². The Bertz CT molecular complexity index is 795. The largest absolute Gasteiger partial charge is 0.379 e. The minimum Gasteiger partial charge on any atom is -0.379 e. The van der Waals surface area contributed by atoms with Gasteiger partial charge in [-0.3, -0.25) is 14.5 Å². The summed E-state index contributed by atoms with van der Waals surface area (Å²) in [5.74, 6) is 0.653. The average molecular weight is 344 g/mol. The number of anilines is 1. The first-order valence-electron chi connectivity index (χ1n) is 7.64. The highest BCUT2D eigenvalue weighted by Crippen LogP contribution is 2.34. The zero-order valence-electron chi connectivity index (χ0n) is 13.9. The van der Waals surface area contributed by atoms with Crippen molar-refractivity contribution in [2.45, 2.75) is 25.8 Å². The molecule has 8 heteroatoms. The summed E-state index contributed by atoms with van der Waals surface area (Å²) < 4.78 is 1.67. The van der Waals surface area contributed by atoms with Gasteiger partial charge in [0.2, 0.25) is 0 Å². The van der Waals surface area contributed by atoms with E-state index in [1.165, 1.54) is 0 Å². The van der Waals surface area contributed by atoms with Crippen molar-refractivity contribution in [3.63, 3.8) is 0 Å². The van der Waals surface area contributed by atoms with Gasteiger partial charge in [0.15, 0.2) is 10.9 Å². The molecule has 2 aromatic rings. The van der Waals surface area contributed by atoms with Crippen LogP contribution in [0.1, 0.15) is 35.2 Å². The van der Waals surface area contributed by atoms with Crippen LogP contribution < -0.4 is 11.1 Å². The molecule has 0 bridgehead atoms. The number of rotatable bonds is 3. The van der Waals surface area contributed by atoms with Crippen LogP contribution in [0.5, 0.6) is 0 Å². The number of hydrogen-bond donors (Lipinski definition) is 2. The number of hydrogen-bond acceptors (Lipinski definition) is 6. The molecule has 3 N–H and O–H groups in total. The van der Waals surface area contributed by atoms with Crippen LogP contribution in [0, 0.1) is 6.92 Å². The van der Waals surface area contributed by atoms with Gasteiger partial charge in [0.05, 0.1) is 5.69 Å². The SMILES string of the molecule is Cc1cc(C(=O)Nc2ccnc([C@]3(C)CCSC(N)=N3)c2)nn1C. The second-order valence-electron chi connectivity index (χ2n) is 6.00. The van der Waals surface area contributed by atoms with Crippen LogP contribution in [-0.4, -0.2) is 31.6 Å². The molecule has 0 aliphatic carbocycles. The highest BCUT2D eigenvalue weighted by atomic mass is 32.2. The number of pyridine rings is 1. The molecule has 126 valence electrons. The molecule has 3 heterocycles.